The standard InChI is InChI=1S/C22H29F2N5OS/c1-3-10-29-20(9-13-28-11-5-4-6-12-28)26-27-22(29)31-15-21(30)25-16(2)18-8-7-17(23)14-19(18)24/h3,7-8,14,16H,1,4-6,9-13,15H2,2H3,(H,25,30). The molecule has 2 heterocycles. The van der Waals surface area contributed by atoms with Gasteiger partial charge in [0.05, 0.1) is 11.8 Å². The minimum Gasteiger partial charge on any atom is -0.349 e. The number of nitrogens with zero attached hydrogens (tertiary/aromatic N) is 4. The minimum atomic E-state index is -0.676. The van der Waals surface area contributed by atoms with Crippen molar-refractivity contribution in [3.05, 3.63) is 53.9 Å². The fourth-order valence-electron chi connectivity index (χ4n) is 3.71. The first-order valence-corrected chi connectivity index (χ1v) is 11.6. The topological polar surface area (TPSA) is 63.1 Å². The Bertz CT molecular complexity index is 898. The van der Waals surface area contributed by atoms with Gasteiger partial charge in [0.25, 0.3) is 0 Å². The van der Waals surface area contributed by atoms with Gasteiger partial charge in [-0.25, -0.2) is 8.78 Å². The molecule has 1 aliphatic heterocycles. The van der Waals surface area contributed by atoms with Crippen molar-refractivity contribution in [1.29, 1.82) is 0 Å². The van der Waals surface area contributed by atoms with Crippen LogP contribution in [0.25, 0.3) is 0 Å². The van der Waals surface area contributed by atoms with Crippen LogP contribution in [0.1, 0.15) is 43.6 Å². The molecule has 1 saturated heterocycles. The molecule has 0 bridgehead atoms. The van der Waals surface area contributed by atoms with E-state index in [0.29, 0.717) is 11.7 Å². The van der Waals surface area contributed by atoms with Crippen LogP contribution in [0, 0.1) is 11.6 Å². The number of halogens is 2. The molecular formula is C22H29F2N5OS. The van der Waals surface area contributed by atoms with Crippen LogP contribution < -0.4 is 5.32 Å². The van der Waals surface area contributed by atoms with E-state index in [4.69, 9.17) is 0 Å². The Hall–Kier alpha value is -2.26. The summed E-state index contributed by atoms with van der Waals surface area (Å²) in [5, 5.41) is 12.0. The normalized spacial score (nSPS) is 15.6. The first-order valence-electron chi connectivity index (χ1n) is 10.6. The van der Waals surface area contributed by atoms with Crippen molar-refractivity contribution in [2.45, 2.75) is 50.4 Å². The van der Waals surface area contributed by atoms with Crippen molar-refractivity contribution < 1.29 is 13.6 Å². The maximum absolute atomic E-state index is 13.9. The number of benzene rings is 1. The SMILES string of the molecule is C=CCn1c(CCN2CCCCC2)nnc1SCC(=O)NC(C)c1ccc(F)cc1F. The highest BCUT2D eigenvalue weighted by atomic mass is 32.2. The Labute approximate surface area is 186 Å². The molecule has 168 valence electrons. The molecule has 31 heavy (non-hydrogen) atoms. The third kappa shape index (κ3) is 6.61. The van der Waals surface area contributed by atoms with Gasteiger partial charge in [-0.15, -0.1) is 16.8 Å². The van der Waals surface area contributed by atoms with Crippen molar-refractivity contribution in [1.82, 2.24) is 25.0 Å². The number of rotatable bonds is 10. The Kier molecular flexibility index (Phi) is 8.60. The zero-order valence-corrected chi connectivity index (χ0v) is 18.6. The van der Waals surface area contributed by atoms with Gasteiger partial charge >= 0.3 is 0 Å². The number of amides is 1. The maximum atomic E-state index is 13.9. The highest BCUT2D eigenvalue weighted by Gasteiger charge is 2.18. The van der Waals surface area contributed by atoms with Crippen molar-refractivity contribution in [2.75, 3.05) is 25.4 Å². The number of nitrogens with one attached hydrogen (secondary N) is 1. The second-order valence-corrected chi connectivity index (χ2v) is 8.64. The van der Waals surface area contributed by atoms with Crippen molar-refractivity contribution >= 4 is 17.7 Å². The molecule has 2 aromatic rings. The number of hydrogen-bond acceptors (Lipinski definition) is 5. The van der Waals surface area contributed by atoms with E-state index in [-0.39, 0.29) is 17.2 Å². The number of hydrogen-bond donors (Lipinski definition) is 1. The van der Waals surface area contributed by atoms with Crippen molar-refractivity contribution in [3.8, 4) is 0 Å². The van der Waals surface area contributed by atoms with E-state index in [9.17, 15) is 13.6 Å². The molecule has 0 aliphatic carbocycles. The monoisotopic (exact) mass is 449 g/mol. The summed E-state index contributed by atoms with van der Waals surface area (Å²) in [5.74, 6) is -0.578. The number of piperidine rings is 1. The quantitative estimate of drug-likeness (QED) is 0.442. The Morgan fingerprint density at radius 3 is 2.77 bits per heavy atom. The number of allylic oxidation sites excluding steroid dienone is 1. The van der Waals surface area contributed by atoms with Gasteiger partial charge in [0, 0.05) is 31.1 Å². The molecule has 1 fully saturated rings. The lowest BCUT2D eigenvalue weighted by atomic mass is 10.1. The summed E-state index contributed by atoms with van der Waals surface area (Å²) in [7, 11) is 0. The molecule has 3 rings (SSSR count). The lowest BCUT2D eigenvalue weighted by Crippen LogP contribution is -2.32. The van der Waals surface area contributed by atoms with Crippen LogP contribution in [0.15, 0.2) is 36.0 Å². The predicted molar refractivity (Wildman–Crippen MR) is 118 cm³/mol. The van der Waals surface area contributed by atoms with Crippen LogP contribution in [0.5, 0.6) is 0 Å². The summed E-state index contributed by atoms with van der Waals surface area (Å²) in [6, 6.07) is 2.77. The summed E-state index contributed by atoms with van der Waals surface area (Å²) in [4.78, 5) is 14.8. The Morgan fingerprint density at radius 1 is 1.29 bits per heavy atom. The Morgan fingerprint density at radius 2 is 2.06 bits per heavy atom. The summed E-state index contributed by atoms with van der Waals surface area (Å²) in [5.41, 5.74) is 0.245. The van der Waals surface area contributed by atoms with Crippen LogP contribution in [-0.2, 0) is 17.8 Å². The third-order valence-electron chi connectivity index (χ3n) is 5.34. The molecule has 0 saturated carbocycles. The van der Waals surface area contributed by atoms with Gasteiger partial charge in [-0.1, -0.05) is 30.3 Å². The number of carbonyl (C=O) groups is 1. The molecule has 1 atom stereocenters. The average Bonchev–Trinajstić information content (AvgIpc) is 3.13. The van der Waals surface area contributed by atoms with Crippen LogP contribution in [0.2, 0.25) is 0 Å². The number of likely N-dealkylation sites (tertiary alicyclic amines) is 1. The van der Waals surface area contributed by atoms with E-state index in [1.165, 1.54) is 43.2 Å². The van der Waals surface area contributed by atoms with E-state index in [1.807, 2.05) is 4.57 Å². The maximum Gasteiger partial charge on any atom is 0.230 e. The molecule has 1 aliphatic rings. The summed E-state index contributed by atoms with van der Waals surface area (Å²) in [6.45, 7) is 9.25. The third-order valence-corrected chi connectivity index (χ3v) is 6.31. The smallest absolute Gasteiger partial charge is 0.230 e. The first-order chi connectivity index (χ1) is 15.0. The fraction of sp³-hybridized carbons (Fsp3) is 0.500. The molecule has 9 heteroatoms. The largest absolute Gasteiger partial charge is 0.349 e. The van der Waals surface area contributed by atoms with Crippen molar-refractivity contribution in [2.24, 2.45) is 0 Å². The summed E-state index contributed by atoms with van der Waals surface area (Å²) in [6.07, 6.45) is 6.38. The van der Waals surface area contributed by atoms with Crippen molar-refractivity contribution in [3.63, 3.8) is 0 Å². The van der Waals surface area contributed by atoms with Crippen LogP contribution >= 0.6 is 11.8 Å². The summed E-state index contributed by atoms with van der Waals surface area (Å²) < 4.78 is 29.0. The van der Waals surface area contributed by atoms with Gasteiger partial charge in [-0.2, -0.15) is 0 Å². The van der Waals surface area contributed by atoms with E-state index in [0.717, 1.165) is 37.9 Å². The van der Waals surface area contributed by atoms with E-state index < -0.39 is 17.7 Å². The van der Waals surface area contributed by atoms with Crippen LogP contribution in [-0.4, -0.2) is 51.0 Å². The predicted octanol–water partition coefficient (Wildman–Crippen LogP) is 3.74. The average molecular weight is 450 g/mol. The van der Waals surface area contributed by atoms with E-state index >= 15 is 0 Å². The van der Waals surface area contributed by atoms with Gasteiger partial charge in [0.1, 0.15) is 17.5 Å². The highest BCUT2D eigenvalue weighted by Crippen LogP contribution is 2.20. The second kappa shape index (κ2) is 11.4. The van der Waals surface area contributed by atoms with Gasteiger partial charge in [0.2, 0.25) is 5.91 Å². The molecule has 1 aromatic heterocycles. The van der Waals surface area contributed by atoms with E-state index in [2.05, 4.69) is 27.0 Å². The number of carbonyl (C=O) groups excluding carboxylic acids is 1. The molecule has 1 N–H and O–H groups in total. The van der Waals surface area contributed by atoms with Crippen LogP contribution in [0.3, 0.4) is 0 Å². The lowest BCUT2D eigenvalue weighted by Gasteiger charge is -2.26. The minimum absolute atomic E-state index is 0.120. The molecule has 1 aromatic carbocycles. The second-order valence-electron chi connectivity index (χ2n) is 7.69. The Balaban J connectivity index is 1.55. The highest BCUT2D eigenvalue weighted by molar-refractivity contribution is 7.99. The molecule has 1 amide bonds. The molecule has 0 spiro atoms. The molecular weight excluding hydrogens is 420 g/mol. The van der Waals surface area contributed by atoms with Gasteiger partial charge in [-0.3, -0.25) is 4.79 Å². The zero-order valence-electron chi connectivity index (χ0n) is 17.8. The molecule has 1 unspecified atom stereocenters. The molecule has 6 nitrogen and oxygen atoms in total. The number of aromatic nitrogens is 3. The molecule has 0 radical (unpaired) electrons. The zero-order chi connectivity index (χ0) is 22.2. The van der Waals surface area contributed by atoms with Crippen LogP contribution in [0.4, 0.5) is 8.78 Å². The van der Waals surface area contributed by atoms with Gasteiger partial charge in [-0.05, 0) is 38.9 Å². The van der Waals surface area contributed by atoms with Gasteiger partial charge < -0.3 is 14.8 Å². The first kappa shape index (κ1) is 23.4. The number of thioether (sulfide) groups is 1. The van der Waals surface area contributed by atoms with Gasteiger partial charge in [0.15, 0.2) is 5.16 Å². The lowest BCUT2D eigenvalue weighted by molar-refractivity contribution is -0.119. The van der Waals surface area contributed by atoms with E-state index in [1.54, 1.807) is 13.0 Å². The fourth-order valence-corrected chi connectivity index (χ4v) is 4.49. The summed E-state index contributed by atoms with van der Waals surface area (Å²) >= 11 is 1.28.